The first kappa shape index (κ1) is 14.4. The molecule has 0 atom stereocenters. The van der Waals surface area contributed by atoms with Gasteiger partial charge in [0, 0.05) is 13.1 Å². The van der Waals surface area contributed by atoms with Crippen LogP contribution in [-0.2, 0) is 14.3 Å². The molecular formula is C13H14N2O4. The fourth-order valence-electron chi connectivity index (χ4n) is 1.14. The van der Waals surface area contributed by atoms with Gasteiger partial charge in [-0.15, -0.1) is 0 Å². The van der Waals surface area contributed by atoms with Gasteiger partial charge in [-0.25, -0.2) is 9.59 Å². The van der Waals surface area contributed by atoms with Crippen molar-refractivity contribution in [3.8, 4) is 0 Å². The molecule has 1 rings (SSSR count). The second-order valence-electron chi connectivity index (χ2n) is 3.48. The number of rotatable bonds is 4. The van der Waals surface area contributed by atoms with E-state index in [0.717, 1.165) is 5.56 Å². The topological polar surface area (TPSA) is 84.5 Å². The van der Waals surface area contributed by atoms with E-state index in [1.165, 1.54) is 13.1 Å². The highest BCUT2D eigenvalue weighted by atomic mass is 16.5. The average Bonchev–Trinajstić information content (AvgIpc) is 2.43. The zero-order chi connectivity index (χ0) is 14.1. The van der Waals surface area contributed by atoms with Gasteiger partial charge in [0.1, 0.15) is 0 Å². The molecule has 0 saturated carbocycles. The van der Waals surface area contributed by atoms with Crippen molar-refractivity contribution < 1.29 is 19.1 Å². The molecule has 0 fully saturated rings. The highest BCUT2D eigenvalue weighted by molar-refractivity contribution is 5.96. The second kappa shape index (κ2) is 7.65. The number of nitrogens with one attached hydrogen (secondary N) is 2. The Labute approximate surface area is 110 Å². The van der Waals surface area contributed by atoms with Crippen molar-refractivity contribution in [2.45, 2.75) is 0 Å². The van der Waals surface area contributed by atoms with Crippen LogP contribution in [-0.4, -0.2) is 31.6 Å². The fourth-order valence-corrected chi connectivity index (χ4v) is 1.14. The molecule has 2 N–H and O–H groups in total. The number of esters is 1. The summed E-state index contributed by atoms with van der Waals surface area (Å²) in [4.78, 5) is 33.2. The van der Waals surface area contributed by atoms with Crippen molar-refractivity contribution in [2.75, 3.05) is 13.7 Å². The van der Waals surface area contributed by atoms with Gasteiger partial charge < -0.3 is 10.1 Å². The number of imide groups is 1. The maximum atomic E-state index is 11.3. The summed E-state index contributed by atoms with van der Waals surface area (Å²) in [7, 11) is 1.37. The van der Waals surface area contributed by atoms with E-state index in [2.05, 4.69) is 10.1 Å². The molecule has 0 spiro atoms. The van der Waals surface area contributed by atoms with Crippen LogP contribution in [0, 0.1) is 0 Å². The lowest BCUT2D eigenvalue weighted by molar-refractivity contribution is -0.143. The Morgan fingerprint density at radius 1 is 1.21 bits per heavy atom. The summed E-state index contributed by atoms with van der Waals surface area (Å²) in [5.41, 5.74) is 0.842. The molecule has 3 amide bonds. The lowest BCUT2D eigenvalue weighted by atomic mass is 10.2. The zero-order valence-corrected chi connectivity index (χ0v) is 10.4. The largest absolute Gasteiger partial charge is 0.452 e. The van der Waals surface area contributed by atoms with E-state index in [9.17, 15) is 14.4 Å². The zero-order valence-electron chi connectivity index (χ0n) is 10.4. The quantitative estimate of drug-likeness (QED) is 0.618. The minimum absolute atomic E-state index is 0.509. The summed E-state index contributed by atoms with van der Waals surface area (Å²) in [6, 6.07) is 8.52. The number of carbonyl (C=O) groups is 3. The molecule has 6 nitrogen and oxygen atoms in total. The molecule has 0 unspecified atom stereocenters. The van der Waals surface area contributed by atoms with Crippen LogP contribution in [0.2, 0.25) is 0 Å². The fraction of sp³-hybridized carbons (Fsp3) is 0.154. The minimum atomic E-state index is -0.694. The maximum Gasteiger partial charge on any atom is 0.331 e. The average molecular weight is 262 g/mol. The van der Waals surface area contributed by atoms with Gasteiger partial charge in [0.15, 0.2) is 6.61 Å². The van der Waals surface area contributed by atoms with E-state index < -0.39 is 24.5 Å². The lowest BCUT2D eigenvalue weighted by Gasteiger charge is -2.03. The first-order chi connectivity index (χ1) is 9.11. The van der Waals surface area contributed by atoms with E-state index in [0.29, 0.717) is 0 Å². The van der Waals surface area contributed by atoms with Crippen LogP contribution in [0.4, 0.5) is 4.79 Å². The van der Waals surface area contributed by atoms with Crippen LogP contribution < -0.4 is 10.6 Å². The number of amides is 3. The van der Waals surface area contributed by atoms with Gasteiger partial charge in [-0.3, -0.25) is 10.1 Å². The van der Waals surface area contributed by atoms with Gasteiger partial charge in [-0.1, -0.05) is 30.3 Å². The molecule has 6 heteroatoms. The number of carbonyl (C=O) groups excluding carboxylic acids is 3. The highest BCUT2D eigenvalue weighted by Crippen LogP contribution is 2.00. The number of hydrogen-bond acceptors (Lipinski definition) is 4. The van der Waals surface area contributed by atoms with Crippen LogP contribution in [0.15, 0.2) is 36.4 Å². The van der Waals surface area contributed by atoms with Gasteiger partial charge in [-0.2, -0.15) is 0 Å². The molecule has 100 valence electrons. The predicted octanol–water partition coefficient (Wildman–Crippen LogP) is 0.699. The van der Waals surface area contributed by atoms with E-state index >= 15 is 0 Å². The third-order valence-corrected chi connectivity index (χ3v) is 2.04. The van der Waals surface area contributed by atoms with Gasteiger partial charge in [0.25, 0.3) is 5.91 Å². The van der Waals surface area contributed by atoms with Crippen molar-refractivity contribution in [1.29, 1.82) is 0 Å². The van der Waals surface area contributed by atoms with Crippen molar-refractivity contribution >= 4 is 24.0 Å². The third kappa shape index (κ3) is 6.02. The van der Waals surface area contributed by atoms with Crippen LogP contribution >= 0.6 is 0 Å². The van der Waals surface area contributed by atoms with E-state index in [1.807, 2.05) is 35.6 Å². The van der Waals surface area contributed by atoms with Crippen LogP contribution in [0.5, 0.6) is 0 Å². The van der Waals surface area contributed by atoms with Crippen molar-refractivity contribution in [3.63, 3.8) is 0 Å². The molecule has 0 aliphatic carbocycles. The van der Waals surface area contributed by atoms with Crippen molar-refractivity contribution in [1.82, 2.24) is 10.6 Å². The molecular weight excluding hydrogens is 248 g/mol. The summed E-state index contributed by atoms with van der Waals surface area (Å²) in [5, 5.41) is 4.17. The van der Waals surface area contributed by atoms with Crippen LogP contribution in [0.3, 0.4) is 0 Å². The Balaban J connectivity index is 2.34. The summed E-state index contributed by atoms with van der Waals surface area (Å²) in [6.45, 7) is -0.509. The van der Waals surface area contributed by atoms with Crippen molar-refractivity contribution in [3.05, 3.63) is 42.0 Å². The standard InChI is InChI=1S/C13H14N2O4/c1-14-13(18)15-11(16)9-19-12(17)8-7-10-5-3-2-4-6-10/h2-8H,9H2,1H3,(H2,14,15,16,18)/b8-7+. The summed E-state index contributed by atoms with van der Waals surface area (Å²) in [6.07, 6.45) is 2.78. The number of ether oxygens (including phenoxy) is 1. The monoisotopic (exact) mass is 262 g/mol. The SMILES string of the molecule is CNC(=O)NC(=O)COC(=O)/C=C/c1ccccc1. The molecule has 0 saturated heterocycles. The third-order valence-electron chi connectivity index (χ3n) is 2.04. The molecule has 0 radical (unpaired) electrons. The first-order valence-electron chi connectivity index (χ1n) is 5.53. The Morgan fingerprint density at radius 2 is 1.89 bits per heavy atom. The van der Waals surface area contributed by atoms with Gasteiger partial charge in [0.2, 0.25) is 0 Å². The second-order valence-corrected chi connectivity index (χ2v) is 3.48. The lowest BCUT2D eigenvalue weighted by Crippen LogP contribution is -2.39. The molecule has 1 aromatic rings. The molecule has 19 heavy (non-hydrogen) atoms. The Bertz CT molecular complexity index is 483. The molecule has 0 aliphatic rings. The molecule has 0 heterocycles. The number of hydrogen-bond donors (Lipinski definition) is 2. The maximum absolute atomic E-state index is 11.3. The highest BCUT2D eigenvalue weighted by Gasteiger charge is 2.07. The van der Waals surface area contributed by atoms with Crippen molar-refractivity contribution in [2.24, 2.45) is 0 Å². The minimum Gasteiger partial charge on any atom is -0.452 e. The molecule has 0 bridgehead atoms. The summed E-state index contributed by atoms with van der Waals surface area (Å²) < 4.78 is 4.65. The number of urea groups is 1. The smallest absolute Gasteiger partial charge is 0.331 e. The Hall–Kier alpha value is -2.63. The van der Waals surface area contributed by atoms with E-state index in [1.54, 1.807) is 6.08 Å². The molecule has 1 aromatic carbocycles. The van der Waals surface area contributed by atoms with E-state index in [4.69, 9.17) is 0 Å². The molecule has 0 aliphatic heterocycles. The van der Waals surface area contributed by atoms with Gasteiger partial charge >= 0.3 is 12.0 Å². The van der Waals surface area contributed by atoms with Gasteiger partial charge in [0.05, 0.1) is 0 Å². The van der Waals surface area contributed by atoms with Gasteiger partial charge in [-0.05, 0) is 11.6 Å². The predicted molar refractivity (Wildman–Crippen MR) is 69.0 cm³/mol. The summed E-state index contributed by atoms with van der Waals surface area (Å²) in [5.74, 6) is -1.35. The number of benzene rings is 1. The van der Waals surface area contributed by atoms with E-state index in [-0.39, 0.29) is 0 Å². The van der Waals surface area contributed by atoms with Crippen LogP contribution in [0.25, 0.3) is 6.08 Å². The Kier molecular flexibility index (Phi) is 5.81. The molecule has 0 aromatic heterocycles. The Morgan fingerprint density at radius 3 is 2.53 bits per heavy atom. The normalized spacial score (nSPS) is 9.95. The first-order valence-corrected chi connectivity index (χ1v) is 5.53. The van der Waals surface area contributed by atoms with Crippen LogP contribution in [0.1, 0.15) is 5.56 Å². The summed E-state index contributed by atoms with van der Waals surface area (Å²) >= 11 is 0.